The molecule has 1 saturated heterocycles. The third-order valence-corrected chi connectivity index (χ3v) is 3.93. The van der Waals surface area contributed by atoms with Crippen LogP contribution >= 0.6 is 0 Å². The number of furan rings is 1. The topological polar surface area (TPSA) is 64.5 Å². The lowest BCUT2D eigenvalue weighted by Crippen LogP contribution is -2.37. The summed E-state index contributed by atoms with van der Waals surface area (Å²) >= 11 is 0. The maximum Gasteiger partial charge on any atom is 0.241 e. The van der Waals surface area contributed by atoms with Gasteiger partial charge in [-0.25, -0.2) is 0 Å². The molecule has 0 saturated carbocycles. The molecule has 23 heavy (non-hydrogen) atoms. The molecule has 0 unspecified atom stereocenters. The Balaban J connectivity index is 1.43. The van der Waals surface area contributed by atoms with E-state index in [0.717, 1.165) is 18.7 Å². The van der Waals surface area contributed by atoms with Crippen LogP contribution in [0.1, 0.15) is 17.6 Å². The van der Waals surface area contributed by atoms with Crippen LogP contribution in [0.2, 0.25) is 0 Å². The SMILES string of the molecule is c1ccc([C@@H]2CN(Cc3nc(-c4ccoc4)no3)CCO2)cc1. The Morgan fingerprint density at radius 1 is 1.17 bits per heavy atom. The lowest BCUT2D eigenvalue weighted by molar-refractivity contribution is -0.0355. The Kier molecular flexibility index (Phi) is 3.92. The molecule has 0 N–H and O–H groups in total. The van der Waals surface area contributed by atoms with Gasteiger partial charge in [0.1, 0.15) is 6.26 Å². The van der Waals surface area contributed by atoms with E-state index in [0.29, 0.717) is 24.9 Å². The van der Waals surface area contributed by atoms with Crippen molar-refractivity contribution in [2.75, 3.05) is 19.7 Å². The highest BCUT2D eigenvalue weighted by molar-refractivity contribution is 5.51. The monoisotopic (exact) mass is 311 g/mol. The number of benzene rings is 1. The van der Waals surface area contributed by atoms with E-state index < -0.39 is 0 Å². The summed E-state index contributed by atoms with van der Waals surface area (Å²) in [7, 11) is 0. The van der Waals surface area contributed by atoms with E-state index in [9.17, 15) is 0 Å². The van der Waals surface area contributed by atoms with Gasteiger partial charge in [0.05, 0.1) is 31.1 Å². The van der Waals surface area contributed by atoms with Crippen molar-refractivity contribution in [3.63, 3.8) is 0 Å². The van der Waals surface area contributed by atoms with Crippen molar-refractivity contribution in [1.82, 2.24) is 15.0 Å². The van der Waals surface area contributed by atoms with E-state index >= 15 is 0 Å². The first-order valence-electron chi connectivity index (χ1n) is 7.62. The van der Waals surface area contributed by atoms with Crippen molar-refractivity contribution < 1.29 is 13.7 Å². The second kappa shape index (κ2) is 6.36. The minimum absolute atomic E-state index is 0.0845. The minimum Gasteiger partial charge on any atom is -0.472 e. The molecule has 1 aliphatic heterocycles. The second-order valence-electron chi connectivity index (χ2n) is 5.53. The molecule has 2 aromatic heterocycles. The van der Waals surface area contributed by atoms with Gasteiger partial charge in [-0.15, -0.1) is 0 Å². The molecule has 6 heteroatoms. The van der Waals surface area contributed by atoms with Crippen molar-refractivity contribution in [1.29, 1.82) is 0 Å². The number of ether oxygens (including phenoxy) is 1. The molecule has 0 aliphatic carbocycles. The summed E-state index contributed by atoms with van der Waals surface area (Å²) in [5.74, 6) is 1.16. The van der Waals surface area contributed by atoms with Crippen LogP contribution in [-0.2, 0) is 11.3 Å². The average Bonchev–Trinajstić information content (AvgIpc) is 3.27. The van der Waals surface area contributed by atoms with E-state index in [1.807, 2.05) is 24.3 Å². The predicted molar refractivity (Wildman–Crippen MR) is 82.4 cm³/mol. The highest BCUT2D eigenvalue weighted by Crippen LogP contribution is 2.23. The number of nitrogens with zero attached hydrogens (tertiary/aromatic N) is 3. The highest BCUT2D eigenvalue weighted by Gasteiger charge is 2.23. The summed E-state index contributed by atoms with van der Waals surface area (Å²) in [5, 5.41) is 4.00. The Labute approximate surface area is 133 Å². The third kappa shape index (κ3) is 3.18. The van der Waals surface area contributed by atoms with E-state index in [-0.39, 0.29) is 6.10 Å². The van der Waals surface area contributed by atoms with E-state index in [1.165, 1.54) is 5.56 Å². The van der Waals surface area contributed by atoms with E-state index in [1.54, 1.807) is 12.5 Å². The van der Waals surface area contributed by atoms with Gasteiger partial charge in [-0.2, -0.15) is 4.98 Å². The van der Waals surface area contributed by atoms with Gasteiger partial charge in [0, 0.05) is 13.1 Å². The predicted octanol–water partition coefficient (Wildman–Crippen LogP) is 2.90. The summed E-state index contributed by atoms with van der Waals surface area (Å²) in [6.45, 7) is 2.99. The first-order valence-corrected chi connectivity index (χ1v) is 7.62. The summed E-state index contributed by atoms with van der Waals surface area (Å²) in [6.07, 6.45) is 3.29. The lowest BCUT2D eigenvalue weighted by atomic mass is 10.1. The Bertz CT molecular complexity index is 740. The highest BCUT2D eigenvalue weighted by atomic mass is 16.5. The third-order valence-electron chi connectivity index (χ3n) is 3.93. The largest absolute Gasteiger partial charge is 0.472 e. The molecular formula is C17H17N3O3. The van der Waals surface area contributed by atoms with Crippen LogP contribution in [-0.4, -0.2) is 34.7 Å². The van der Waals surface area contributed by atoms with Gasteiger partial charge in [-0.1, -0.05) is 35.5 Å². The second-order valence-corrected chi connectivity index (χ2v) is 5.53. The van der Waals surface area contributed by atoms with Gasteiger partial charge in [0.2, 0.25) is 11.7 Å². The van der Waals surface area contributed by atoms with E-state index in [4.69, 9.17) is 13.7 Å². The molecule has 0 spiro atoms. The van der Waals surface area contributed by atoms with Gasteiger partial charge in [0.15, 0.2) is 0 Å². The van der Waals surface area contributed by atoms with Crippen molar-refractivity contribution in [2.24, 2.45) is 0 Å². The fraction of sp³-hybridized carbons (Fsp3) is 0.294. The molecular weight excluding hydrogens is 294 g/mol. The maximum absolute atomic E-state index is 5.88. The molecule has 4 rings (SSSR count). The molecule has 0 bridgehead atoms. The van der Waals surface area contributed by atoms with Crippen LogP contribution in [0.15, 0.2) is 57.9 Å². The van der Waals surface area contributed by atoms with Crippen LogP contribution in [0.5, 0.6) is 0 Å². The summed E-state index contributed by atoms with van der Waals surface area (Å²) in [4.78, 5) is 6.70. The first-order chi connectivity index (χ1) is 11.4. The molecule has 0 radical (unpaired) electrons. The van der Waals surface area contributed by atoms with Crippen molar-refractivity contribution in [2.45, 2.75) is 12.6 Å². The van der Waals surface area contributed by atoms with Gasteiger partial charge in [-0.3, -0.25) is 4.90 Å². The Morgan fingerprint density at radius 3 is 2.91 bits per heavy atom. The Morgan fingerprint density at radius 2 is 2.09 bits per heavy atom. The molecule has 0 amide bonds. The number of hydrogen-bond acceptors (Lipinski definition) is 6. The number of rotatable bonds is 4. The molecule has 3 aromatic rings. The van der Waals surface area contributed by atoms with Crippen LogP contribution in [0, 0.1) is 0 Å². The Hall–Kier alpha value is -2.44. The van der Waals surface area contributed by atoms with Gasteiger partial charge in [-0.05, 0) is 11.6 Å². The molecule has 1 fully saturated rings. The average molecular weight is 311 g/mol. The molecule has 1 atom stereocenters. The van der Waals surface area contributed by atoms with Crippen LogP contribution in [0.3, 0.4) is 0 Å². The van der Waals surface area contributed by atoms with Crippen molar-refractivity contribution >= 4 is 0 Å². The fourth-order valence-electron chi connectivity index (χ4n) is 2.73. The fourth-order valence-corrected chi connectivity index (χ4v) is 2.73. The number of morpholine rings is 1. The molecule has 1 aliphatic rings. The maximum atomic E-state index is 5.88. The smallest absolute Gasteiger partial charge is 0.241 e. The summed E-state index contributed by atoms with van der Waals surface area (Å²) in [6, 6.07) is 12.1. The number of hydrogen-bond donors (Lipinski definition) is 0. The summed E-state index contributed by atoms with van der Waals surface area (Å²) in [5.41, 5.74) is 2.02. The van der Waals surface area contributed by atoms with Gasteiger partial charge < -0.3 is 13.7 Å². The minimum atomic E-state index is 0.0845. The zero-order valence-corrected chi connectivity index (χ0v) is 12.6. The van der Waals surface area contributed by atoms with Gasteiger partial charge in [0.25, 0.3) is 0 Å². The first kappa shape index (κ1) is 14.2. The standard InChI is InChI=1S/C17H17N3O3/c1-2-4-13(5-3-1)15-10-20(7-9-22-15)11-16-18-17(19-23-16)14-6-8-21-12-14/h1-6,8,12,15H,7,9-11H2/t15-/m0/s1. The molecule has 3 heterocycles. The van der Waals surface area contributed by atoms with Gasteiger partial charge >= 0.3 is 0 Å². The normalized spacial score (nSPS) is 19.0. The van der Waals surface area contributed by atoms with Crippen LogP contribution in [0.4, 0.5) is 0 Å². The van der Waals surface area contributed by atoms with Crippen LogP contribution in [0.25, 0.3) is 11.4 Å². The van der Waals surface area contributed by atoms with Crippen molar-refractivity contribution in [3.05, 3.63) is 60.4 Å². The van der Waals surface area contributed by atoms with Crippen molar-refractivity contribution in [3.8, 4) is 11.4 Å². The van der Waals surface area contributed by atoms with E-state index in [2.05, 4.69) is 27.2 Å². The summed E-state index contributed by atoms with van der Waals surface area (Å²) < 4.78 is 16.3. The zero-order valence-electron chi connectivity index (χ0n) is 12.6. The number of aromatic nitrogens is 2. The zero-order chi connectivity index (χ0) is 15.5. The quantitative estimate of drug-likeness (QED) is 0.738. The lowest BCUT2D eigenvalue weighted by Gasteiger charge is -2.32. The van der Waals surface area contributed by atoms with Crippen LogP contribution < -0.4 is 0 Å². The molecule has 6 nitrogen and oxygen atoms in total. The molecule has 118 valence electrons. The molecule has 1 aromatic carbocycles.